The van der Waals surface area contributed by atoms with Crippen molar-refractivity contribution in [1.29, 1.82) is 0 Å². The first-order chi connectivity index (χ1) is 32.6. The molecule has 1 aromatic heterocycles. The summed E-state index contributed by atoms with van der Waals surface area (Å²) in [6, 6.07) is -0.463. The average molecular weight is 984 g/mol. The predicted octanol–water partition coefficient (Wildman–Crippen LogP) is 2.63. The van der Waals surface area contributed by atoms with Gasteiger partial charge in [0, 0.05) is 32.0 Å². The molecule has 2 atom stereocenters. The van der Waals surface area contributed by atoms with Crippen LogP contribution in [-0.2, 0) is 84.3 Å². The fourth-order valence-corrected chi connectivity index (χ4v) is 6.32. The smallest absolute Gasteiger partial charge is 0.234 e. The Kier molecular flexibility index (Phi) is 41.6. The molecule has 1 aliphatic rings. The Labute approximate surface area is 403 Å². The summed E-state index contributed by atoms with van der Waals surface area (Å²) in [7, 11) is 0. The van der Waals surface area contributed by atoms with E-state index in [0.29, 0.717) is 189 Å². The molecule has 22 heteroatoms. The number of hydrogen-bond acceptors (Lipinski definition) is 19. The van der Waals surface area contributed by atoms with Gasteiger partial charge in [-0.2, -0.15) is 0 Å². The molecule has 2 unspecified atom stereocenters. The zero-order valence-electron chi connectivity index (χ0n) is 41.2. The van der Waals surface area contributed by atoms with Crippen molar-refractivity contribution in [2.24, 2.45) is 5.41 Å². The van der Waals surface area contributed by atoms with E-state index >= 15 is 0 Å². The molecule has 3 N–H and O–H groups in total. The number of aromatic nitrogens is 3. The van der Waals surface area contributed by atoms with E-state index < -0.39 is 11.3 Å². The predicted molar refractivity (Wildman–Crippen MR) is 252 cm³/mol. The van der Waals surface area contributed by atoms with Crippen molar-refractivity contribution in [2.75, 3.05) is 178 Å². The van der Waals surface area contributed by atoms with Crippen LogP contribution in [0.25, 0.3) is 0 Å². The Bertz CT molecular complexity index is 1310. The van der Waals surface area contributed by atoms with Gasteiger partial charge < -0.3 is 77.3 Å². The van der Waals surface area contributed by atoms with E-state index in [1.165, 1.54) is 11.8 Å². The Morgan fingerprint density at radius 1 is 0.672 bits per heavy atom. The second-order valence-corrected chi connectivity index (χ2v) is 17.0. The van der Waals surface area contributed by atoms with E-state index in [9.17, 15) is 14.7 Å². The lowest BCUT2D eigenvalue weighted by molar-refractivity contribution is -0.126. The first kappa shape index (κ1) is 62.5. The summed E-state index contributed by atoms with van der Waals surface area (Å²) in [5, 5.41) is 22.2. The molecule has 67 heavy (non-hydrogen) atoms. The van der Waals surface area contributed by atoms with Gasteiger partial charge in [-0.25, -0.2) is 4.68 Å². The molecule has 21 nitrogen and oxygen atoms in total. The standard InChI is InChI=1S/C28H58O11.C17H27N5O5S/c1-5-29-8-9-31-12-13-33-16-17-35-20-21-37-24-25-39-27-26-38-23-22-36-19-18-34-15-14-32-11-10-30-7-6-28(2,3)4;1-3-26-6-7-27-5-4-22-10-13(20-21-22)9-18-16(24)8-15-17(25)19-14(11-28-15)12(2)23/h5-27H2,1-4H3;10,14-15,23H,2-9,11H2,1H3,(H,18,24)(H,19,25). The highest BCUT2D eigenvalue weighted by atomic mass is 32.2. The van der Waals surface area contributed by atoms with Gasteiger partial charge in [-0.1, -0.05) is 32.6 Å². The fourth-order valence-electron chi connectivity index (χ4n) is 5.13. The molecule has 1 aromatic rings. The number of hydrogen-bond donors (Lipinski definition) is 3. The summed E-state index contributed by atoms with van der Waals surface area (Å²) in [6.45, 7) is 29.5. The zero-order chi connectivity index (χ0) is 48.9. The summed E-state index contributed by atoms with van der Waals surface area (Å²) in [6.07, 6.45) is 2.85. The number of nitrogens with zero attached hydrogens (tertiary/aromatic N) is 3. The lowest BCUT2D eigenvalue weighted by Gasteiger charge is -2.27. The molecule has 2 amide bonds. The van der Waals surface area contributed by atoms with Crippen LogP contribution in [0.2, 0.25) is 0 Å². The number of amides is 2. The summed E-state index contributed by atoms with van der Waals surface area (Å²) >= 11 is 1.33. The largest absolute Gasteiger partial charge is 0.511 e. The van der Waals surface area contributed by atoms with Gasteiger partial charge in [0.2, 0.25) is 11.8 Å². The van der Waals surface area contributed by atoms with Crippen molar-refractivity contribution < 1.29 is 76.3 Å². The van der Waals surface area contributed by atoms with Crippen molar-refractivity contribution >= 4 is 23.6 Å². The summed E-state index contributed by atoms with van der Waals surface area (Å²) in [4.78, 5) is 24.1. The molecule has 0 bridgehead atoms. The van der Waals surface area contributed by atoms with Crippen LogP contribution < -0.4 is 10.6 Å². The first-order valence-corrected chi connectivity index (χ1v) is 24.6. The van der Waals surface area contributed by atoms with Crippen LogP contribution in [0.15, 0.2) is 18.5 Å². The molecule has 0 radical (unpaired) electrons. The summed E-state index contributed by atoms with van der Waals surface area (Å²) in [5.74, 6) is -0.115. The number of thioether (sulfide) groups is 1. The van der Waals surface area contributed by atoms with Gasteiger partial charge in [-0.3, -0.25) is 9.59 Å². The Morgan fingerprint density at radius 2 is 1.04 bits per heavy atom. The van der Waals surface area contributed by atoms with Crippen LogP contribution in [0.1, 0.15) is 53.2 Å². The van der Waals surface area contributed by atoms with E-state index in [0.717, 1.165) is 13.0 Å². The molecule has 1 aliphatic heterocycles. The minimum atomic E-state index is -0.486. The van der Waals surface area contributed by atoms with Crippen molar-refractivity contribution in [3.63, 3.8) is 0 Å². The summed E-state index contributed by atoms with van der Waals surface area (Å²) in [5.41, 5.74) is 0.933. The third-order valence-corrected chi connectivity index (χ3v) is 10.2. The van der Waals surface area contributed by atoms with Crippen LogP contribution >= 0.6 is 11.8 Å². The average Bonchev–Trinajstić information content (AvgIpc) is 3.76. The Hall–Kier alpha value is -2.55. The highest BCUT2D eigenvalue weighted by Gasteiger charge is 2.31. The molecule has 0 aromatic carbocycles. The fraction of sp³-hybridized carbons (Fsp3) is 0.867. The van der Waals surface area contributed by atoms with Gasteiger partial charge in [-0.15, -0.1) is 16.9 Å². The van der Waals surface area contributed by atoms with Gasteiger partial charge in [-0.05, 0) is 25.7 Å². The number of ether oxygens (including phenoxy) is 13. The molecular weight excluding hydrogens is 899 g/mol. The maximum absolute atomic E-state index is 12.1. The van der Waals surface area contributed by atoms with Crippen LogP contribution in [0.4, 0.5) is 0 Å². The van der Waals surface area contributed by atoms with Gasteiger partial charge >= 0.3 is 0 Å². The number of rotatable bonds is 45. The third-order valence-electron chi connectivity index (χ3n) is 8.86. The highest BCUT2D eigenvalue weighted by Crippen LogP contribution is 2.23. The van der Waals surface area contributed by atoms with Crippen molar-refractivity contribution in [3.05, 3.63) is 24.2 Å². The minimum Gasteiger partial charge on any atom is -0.511 e. The maximum Gasteiger partial charge on any atom is 0.234 e. The molecule has 2 heterocycles. The molecule has 0 spiro atoms. The van der Waals surface area contributed by atoms with E-state index in [2.05, 4.69) is 48.3 Å². The number of aliphatic hydroxyl groups excluding tert-OH is 1. The van der Waals surface area contributed by atoms with Crippen molar-refractivity contribution in [2.45, 2.75) is 71.8 Å². The monoisotopic (exact) mass is 984 g/mol. The van der Waals surface area contributed by atoms with Crippen LogP contribution in [0.3, 0.4) is 0 Å². The zero-order valence-corrected chi connectivity index (χ0v) is 42.0. The Balaban J connectivity index is 0.000000704. The maximum atomic E-state index is 12.1. The second-order valence-electron chi connectivity index (χ2n) is 15.8. The molecular formula is C45H85N5O16S. The number of carbonyl (C=O) groups is 2. The van der Waals surface area contributed by atoms with Crippen molar-refractivity contribution in [3.8, 4) is 0 Å². The van der Waals surface area contributed by atoms with E-state index in [-0.39, 0.29) is 30.5 Å². The Morgan fingerprint density at radius 3 is 1.40 bits per heavy atom. The molecule has 0 aliphatic carbocycles. The van der Waals surface area contributed by atoms with E-state index in [4.69, 9.17) is 61.6 Å². The van der Waals surface area contributed by atoms with Crippen LogP contribution in [-0.4, -0.2) is 221 Å². The summed E-state index contributed by atoms with van der Waals surface area (Å²) < 4.78 is 72.0. The van der Waals surface area contributed by atoms with E-state index in [1.54, 1.807) is 10.9 Å². The van der Waals surface area contributed by atoms with E-state index in [1.807, 2.05) is 13.8 Å². The SMILES string of the molecule is C=C(O)C1CSC(CC(=O)NCc2cn(CCOCCOCC)nn2)C(=O)N1.CCOCCOCCOCCOCCOCCOCCOCCOCCOCCOCCOCCC(C)(C)C. The van der Waals surface area contributed by atoms with Crippen LogP contribution in [0.5, 0.6) is 0 Å². The highest BCUT2D eigenvalue weighted by molar-refractivity contribution is 8.00. The lowest BCUT2D eigenvalue weighted by Crippen LogP contribution is -2.48. The third kappa shape index (κ3) is 41.0. The number of carbonyl (C=O) groups excluding carboxylic acids is 2. The quantitative estimate of drug-likeness (QED) is 0.0630. The molecule has 1 fully saturated rings. The lowest BCUT2D eigenvalue weighted by atomic mass is 9.93. The minimum absolute atomic E-state index is 0.0585. The van der Waals surface area contributed by atoms with Crippen molar-refractivity contribution in [1.82, 2.24) is 25.6 Å². The van der Waals surface area contributed by atoms with Crippen LogP contribution in [0, 0.1) is 5.41 Å². The van der Waals surface area contributed by atoms with Gasteiger partial charge in [0.1, 0.15) is 11.5 Å². The molecule has 2 rings (SSSR count). The molecule has 0 saturated carbocycles. The van der Waals surface area contributed by atoms with Gasteiger partial charge in [0.05, 0.1) is 183 Å². The first-order valence-electron chi connectivity index (χ1n) is 23.5. The molecule has 1 saturated heterocycles. The molecule has 392 valence electrons. The number of nitrogens with one attached hydrogen (secondary N) is 2. The van der Waals surface area contributed by atoms with Gasteiger partial charge in [0.25, 0.3) is 0 Å². The van der Waals surface area contributed by atoms with Gasteiger partial charge in [0.15, 0.2) is 0 Å². The topological polar surface area (TPSA) is 229 Å². The second kappa shape index (κ2) is 44.6. The number of aliphatic hydroxyl groups is 1. The normalized spacial score (nSPS) is 15.0.